The fraction of sp³-hybridized carbons (Fsp3) is 0.167. The average molecular weight is 500 g/mol. The summed E-state index contributed by atoms with van der Waals surface area (Å²) in [7, 11) is 1.50. The molecule has 0 radical (unpaired) electrons. The number of ketones is 1. The second-order valence-electron chi connectivity index (χ2n) is 8.14. The van der Waals surface area contributed by atoms with Crippen molar-refractivity contribution in [2.75, 3.05) is 12.4 Å². The minimum Gasteiger partial charge on any atom is -0.333 e. The highest BCUT2D eigenvalue weighted by Gasteiger charge is 2.15. The standard InChI is InChI=1S/C29H25FN2O3.CH5N/c1-2-27(33)31-25-16-17-26(21-9-5-3-4-6-10-21)32(29(25)35)19-20-8-7-11-23(18-20)28(34)22-12-14-24(30)15-13-22;1-2/h3-5,7-18H,2,6,19H2,1H3,(H,31,33);2H2,1H3. The van der Waals surface area contributed by atoms with Gasteiger partial charge in [0.1, 0.15) is 11.5 Å². The highest BCUT2D eigenvalue weighted by atomic mass is 19.1. The molecular formula is C30H30FN3O3. The molecule has 3 aromatic rings. The second kappa shape index (κ2) is 13.1. The van der Waals surface area contributed by atoms with Crippen LogP contribution in [0.4, 0.5) is 10.1 Å². The first-order chi connectivity index (χ1) is 18.0. The number of rotatable bonds is 7. The van der Waals surface area contributed by atoms with Crippen LogP contribution in [0, 0.1) is 5.82 Å². The third-order valence-corrected chi connectivity index (χ3v) is 5.70. The molecule has 0 fully saturated rings. The summed E-state index contributed by atoms with van der Waals surface area (Å²) in [6.45, 7) is 1.92. The molecular weight excluding hydrogens is 469 g/mol. The quantitative estimate of drug-likeness (QED) is 0.443. The van der Waals surface area contributed by atoms with Crippen molar-refractivity contribution in [3.63, 3.8) is 0 Å². The molecule has 37 heavy (non-hydrogen) atoms. The van der Waals surface area contributed by atoms with E-state index in [1.54, 1.807) is 35.8 Å². The smallest absolute Gasteiger partial charge is 0.275 e. The Bertz CT molecular complexity index is 1420. The number of halogens is 1. The van der Waals surface area contributed by atoms with Crippen LogP contribution >= 0.6 is 0 Å². The van der Waals surface area contributed by atoms with Crippen molar-refractivity contribution in [3.8, 4) is 0 Å². The molecule has 0 aliphatic heterocycles. The molecule has 0 atom stereocenters. The number of amides is 1. The summed E-state index contributed by atoms with van der Waals surface area (Å²) in [4.78, 5) is 38.3. The van der Waals surface area contributed by atoms with Gasteiger partial charge < -0.3 is 15.6 Å². The van der Waals surface area contributed by atoms with E-state index in [1.807, 2.05) is 42.5 Å². The number of hydrogen-bond acceptors (Lipinski definition) is 4. The number of anilines is 1. The van der Waals surface area contributed by atoms with Crippen LogP contribution < -0.4 is 16.6 Å². The Hall–Kier alpha value is -4.36. The van der Waals surface area contributed by atoms with Gasteiger partial charge in [0.05, 0.1) is 12.2 Å². The predicted octanol–water partition coefficient (Wildman–Crippen LogP) is 5.09. The van der Waals surface area contributed by atoms with Crippen molar-refractivity contribution in [2.45, 2.75) is 26.3 Å². The first-order valence-corrected chi connectivity index (χ1v) is 12.0. The zero-order valence-electron chi connectivity index (χ0n) is 20.9. The summed E-state index contributed by atoms with van der Waals surface area (Å²) >= 11 is 0. The molecule has 2 aromatic carbocycles. The normalized spacial score (nSPS) is 12.2. The number of aromatic nitrogens is 1. The van der Waals surface area contributed by atoms with E-state index in [-0.39, 0.29) is 35.9 Å². The molecule has 0 bridgehead atoms. The molecule has 0 saturated carbocycles. The zero-order valence-corrected chi connectivity index (χ0v) is 20.9. The SMILES string of the molecule is CCC(=O)Nc1ccc(C2=CCC=CC=C2)n(Cc2cccc(C(=O)c3ccc(F)cc3)c2)c1=O.CN. The number of nitrogens with one attached hydrogen (secondary N) is 1. The number of hydrogen-bond donors (Lipinski definition) is 2. The van der Waals surface area contributed by atoms with Gasteiger partial charge >= 0.3 is 0 Å². The zero-order chi connectivity index (χ0) is 26.8. The van der Waals surface area contributed by atoms with Gasteiger partial charge in [-0.2, -0.15) is 0 Å². The molecule has 3 N–H and O–H groups in total. The molecule has 0 unspecified atom stereocenters. The van der Waals surface area contributed by atoms with Crippen LogP contribution in [0.15, 0.2) is 95.8 Å². The van der Waals surface area contributed by atoms with Crippen molar-refractivity contribution < 1.29 is 14.0 Å². The molecule has 4 rings (SSSR count). The highest BCUT2D eigenvalue weighted by Crippen LogP contribution is 2.21. The molecule has 6 nitrogen and oxygen atoms in total. The maximum Gasteiger partial charge on any atom is 0.275 e. The molecule has 1 aliphatic carbocycles. The molecule has 1 aromatic heterocycles. The molecule has 0 saturated heterocycles. The fourth-order valence-electron chi connectivity index (χ4n) is 3.85. The molecule has 1 heterocycles. The Balaban J connectivity index is 0.00000186. The van der Waals surface area contributed by atoms with E-state index in [1.165, 1.54) is 31.3 Å². The van der Waals surface area contributed by atoms with Crippen LogP contribution in [0.25, 0.3) is 5.57 Å². The van der Waals surface area contributed by atoms with Crippen LogP contribution in [0.5, 0.6) is 0 Å². The Labute approximate surface area is 215 Å². The topological polar surface area (TPSA) is 94.2 Å². The van der Waals surface area contributed by atoms with E-state index in [0.29, 0.717) is 16.8 Å². The van der Waals surface area contributed by atoms with Gasteiger partial charge in [-0.05, 0) is 67.1 Å². The maximum atomic E-state index is 13.4. The van der Waals surface area contributed by atoms with Crippen molar-refractivity contribution in [1.29, 1.82) is 0 Å². The molecule has 0 spiro atoms. The minimum atomic E-state index is -0.408. The van der Waals surface area contributed by atoms with Crippen LogP contribution in [0.1, 0.15) is 46.9 Å². The molecule has 7 heteroatoms. The van der Waals surface area contributed by atoms with Gasteiger partial charge in [0.15, 0.2) is 5.78 Å². The Morgan fingerprint density at radius 3 is 2.49 bits per heavy atom. The summed E-state index contributed by atoms with van der Waals surface area (Å²) < 4.78 is 14.9. The largest absolute Gasteiger partial charge is 0.333 e. The molecule has 190 valence electrons. The van der Waals surface area contributed by atoms with Crippen LogP contribution in [0.3, 0.4) is 0 Å². The van der Waals surface area contributed by atoms with Crippen molar-refractivity contribution >= 4 is 23.0 Å². The number of pyridine rings is 1. The number of allylic oxidation sites excluding steroid dienone is 6. The Morgan fingerprint density at radius 1 is 1.00 bits per heavy atom. The van der Waals surface area contributed by atoms with E-state index >= 15 is 0 Å². The summed E-state index contributed by atoms with van der Waals surface area (Å²) in [6.07, 6.45) is 10.8. The van der Waals surface area contributed by atoms with Crippen molar-refractivity contribution in [2.24, 2.45) is 5.73 Å². The highest BCUT2D eigenvalue weighted by molar-refractivity contribution is 6.09. The van der Waals surface area contributed by atoms with E-state index < -0.39 is 5.82 Å². The Morgan fingerprint density at radius 2 is 1.76 bits per heavy atom. The first-order valence-electron chi connectivity index (χ1n) is 12.0. The third kappa shape index (κ3) is 6.86. The number of carbonyl (C=O) groups excluding carboxylic acids is 2. The number of nitrogens with zero attached hydrogens (tertiary/aromatic N) is 1. The lowest BCUT2D eigenvalue weighted by molar-refractivity contribution is -0.115. The third-order valence-electron chi connectivity index (χ3n) is 5.70. The monoisotopic (exact) mass is 499 g/mol. The maximum absolute atomic E-state index is 13.4. The van der Waals surface area contributed by atoms with Crippen LogP contribution in [0.2, 0.25) is 0 Å². The Kier molecular flexibility index (Phi) is 9.63. The summed E-state index contributed by atoms with van der Waals surface area (Å²) in [5.74, 6) is -0.885. The van der Waals surface area contributed by atoms with Crippen molar-refractivity contribution in [1.82, 2.24) is 4.57 Å². The lowest BCUT2D eigenvalue weighted by atomic mass is 10.0. The summed E-state index contributed by atoms with van der Waals surface area (Å²) in [5.41, 5.74) is 7.54. The van der Waals surface area contributed by atoms with E-state index in [2.05, 4.69) is 11.1 Å². The van der Waals surface area contributed by atoms with Gasteiger partial charge in [0.2, 0.25) is 5.91 Å². The van der Waals surface area contributed by atoms with Crippen molar-refractivity contribution in [3.05, 3.63) is 130 Å². The number of carbonyl (C=O) groups is 2. The van der Waals surface area contributed by atoms with Gasteiger partial charge in [-0.1, -0.05) is 55.5 Å². The fourth-order valence-corrected chi connectivity index (χ4v) is 3.85. The van der Waals surface area contributed by atoms with Gasteiger partial charge in [-0.15, -0.1) is 0 Å². The van der Waals surface area contributed by atoms with E-state index in [0.717, 1.165) is 17.6 Å². The van der Waals surface area contributed by atoms with Gasteiger partial charge in [0.25, 0.3) is 5.56 Å². The molecule has 1 aliphatic rings. The first kappa shape index (κ1) is 27.2. The van der Waals surface area contributed by atoms with Gasteiger partial charge in [0, 0.05) is 17.5 Å². The second-order valence-corrected chi connectivity index (χ2v) is 8.14. The number of nitrogens with two attached hydrogens (primary N) is 1. The average Bonchev–Trinajstić information content (AvgIpc) is 3.22. The van der Waals surface area contributed by atoms with E-state index in [9.17, 15) is 18.8 Å². The summed E-state index contributed by atoms with van der Waals surface area (Å²) in [6, 6.07) is 15.9. The van der Waals surface area contributed by atoms with Gasteiger partial charge in [-0.25, -0.2) is 4.39 Å². The van der Waals surface area contributed by atoms with Crippen LogP contribution in [-0.2, 0) is 11.3 Å². The summed E-state index contributed by atoms with van der Waals surface area (Å²) in [5, 5.41) is 2.68. The van der Waals surface area contributed by atoms with E-state index in [4.69, 9.17) is 0 Å². The van der Waals surface area contributed by atoms with Gasteiger partial charge in [-0.3, -0.25) is 14.4 Å². The molecule has 1 amide bonds. The predicted molar refractivity (Wildman–Crippen MR) is 146 cm³/mol. The minimum absolute atomic E-state index is 0.202. The lowest BCUT2D eigenvalue weighted by Gasteiger charge is -2.16. The lowest BCUT2D eigenvalue weighted by Crippen LogP contribution is -2.28. The number of benzene rings is 2. The van der Waals surface area contributed by atoms with Crippen LogP contribution in [-0.4, -0.2) is 23.3 Å².